The summed E-state index contributed by atoms with van der Waals surface area (Å²) in [5, 5.41) is 0. The standard InChI is InChI=1S/C42H80/c1-7-12-15-18-19-22-25-32-39(31-24-21-17-14-9-3)33-26-27-34-40(29-11-5)42-37(6)41(42)36-35-38(28-10-4)30-23-20-16-13-8-2/h11,37-39,41-42H,7-10,12-28,30-36H2,1-6H3. The average molecular weight is 585 g/mol. The summed E-state index contributed by atoms with van der Waals surface area (Å²) in [5.41, 5.74) is 5.45. The topological polar surface area (TPSA) is 0 Å². The minimum absolute atomic E-state index is 0.843. The molecule has 1 aliphatic rings. The molecular formula is C42H80. The summed E-state index contributed by atoms with van der Waals surface area (Å²) < 4.78 is 0. The molecule has 5 unspecified atom stereocenters. The van der Waals surface area contributed by atoms with Gasteiger partial charge in [0.05, 0.1) is 0 Å². The molecule has 1 saturated carbocycles. The van der Waals surface area contributed by atoms with Gasteiger partial charge < -0.3 is 0 Å². The molecule has 0 aliphatic heterocycles. The summed E-state index contributed by atoms with van der Waals surface area (Å²) in [7, 11) is 0. The van der Waals surface area contributed by atoms with Crippen molar-refractivity contribution >= 4 is 0 Å². The zero-order chi connectivity index (χ0) is 30.7. The smallest absolute Gasteiger partial charge is 0.00676 e. The maximum atomic E-state index is 3.77. The lowest BCUT2D eigenvalue weighted by Gasteiger charge is -2.17. The van der Waals surface area contributed by atoms with Gasteiger partial charge in [-0.3, -0.25) is 0 Å². The second-order valence-corrected chi connectivity index (χ2v) is 14.7. The summed E-state index contributed by atoms with van der Waals surface area (Å²) >= 11 is 0. The minimum atomic E-state index is 0.843. The molecule has 0 nitrogen and oxygen atoms in total. The second-order valence-electron chi connectivity index (χ2n) is 14.7. The lowest BCUT2D eigenvalue weighted by Crippen LogP contribution is -2.03. The summed E-state index contributed by atoms with van der Waals surface area (Å²) in [4.78, 5) is 0. The predicted octanol–water partition coefficient (Wildman–Crippen LogP) is 15.2. The van der Waals surface area contributed by atoms with Gasteiger partial charge in [0, 0.05) is 0 Å². The SMILES string of the molecule is CC=C=C(CCCCC(CCCCCCC)CCCCCCCCC)C1C(C)C1CCC(CCC)CCCCCCC. The number of hydrogen-bond acceptors (Lipinski definition) is 0. The van der Waals surface area contributed by atoms with Crippen molar-refractivity contribution in [3.05, 3.63) is 17.4 Å². The van der Waals surface area contributed by atoms with E-state index in [0.717, 1.165) is 29.6 Å². The Labute approximate surface area is 267 Å². The van der Waals surface area contributed by atoms with Crippen molar-refractivity contribution in [2.75, 3.05) is 0 Å². The first-order chi connectivity index (χ1) is 20.6. The molecule has 0 bridgehead atoms. The van der Waals surface area contributed by atoms with Crippen molar-refractivity contribution < 1.29 is 0 Å². The Balaban J connectivity index is 2.45. The lowest BCUT2D eigenvalue weighted by molar-refractivity contribution is 0.367. The molecule has 1 fully saturated rings. The van der Waals surface area contributed by atoms with Crippen LogP contribution in [-0.2, 0) is 0 Å². The molecule has 0 heterocycles. The number of unbranched alkanes of at least 4 members (excludes halogenated alkanes) is 15. The van der Waals surface area contributed by atoms with E-state index in [1.807, 2.05) is 0 Å². The number of rotatable bonds is 31. The van der Waals surface area contributed by atoms with Crippen LogP contribution in [-0.4, -0.2) is 0 Å². The maximum absolute atomic E-state index is 3.77. The van der Waals surface area contributed by atoms with Gasteiger partial charge in [-0.25, -0.2) is 0 Å². The molecule has 42 heavy (non-hydrogen) atoms. The van der Waals surface area contributed by atoms with E-state index in [2.05, 4.69) is 53.3 Å². The molecule has 248 valence electrons. The van der Waals surface area contributed by atoms with Gasteiger partial charge in [-0.15, -0.1) is 5.73 Å². The molecule has 0 aromatic heterocycles. The summed E-state index contributed by atoms with van der Waals surface area (Å²) in [5.74, 6) is 4.65. The Kier molecular flexibility index (Phi) is 26.4. The fourth-order valence-electron chi connectivity index (χ4n) is 8.00. The molecule has 0 amide bonds. The first-order valence-corrected chi connectivity index (χ1v) is 20.0. The first-order valence-electron chi connectivity index (χ1n) is 20.0. The van der Waals surface area contributed by atoms with E-state index in [1.165, 1.54) is 180 Å². The van der Waals surface area contributed by atoms with Crippen molar-refractivity contribution in [2.24, 2.45) is 29.6 Å². The molecular weight excluding hydrogens is 504 g/mol. The Morgan fingerprint density at radius 2 is 0.952 bits per heavy atom. The molecule has 1 aliphatic carbocycles. The van der Waals surface area contributed by atoms with Crippen molar-refractivity contribution in [2.45, 2.75) is 221 Å². The number of allylic oxidation sites excluding steroid dienone is 1. The summed E-state index contributed by atoms with van der Waals surface area (Å²) in [6.07, 6.45) is 42.6. The molecule has 0 aromatic carbocycles. The van der Waals surface area contributed by atoms with Crippen LogP contribution in [0.1, 0.15) is 221 Å². The molecule has 0 N–H and O–H groups in total. The summed E-state index contributed by atoms with van der Waals surface area (Å²) in [6, 6.07) is 0. The Morgan fingerprint density at radius 1 is 0.524 bits per heavy atom. The summed E-state index contributed by atoms with van der Waals surface area (Å²) in [6.45, 7) is 14.1. The van der Waals surface area contributed by atoms with Crippen LogP contribution in [0.2, 0.25) is 0 Å². The quantitative estimate of drug-likeness (QED) is 0.0561. The van der Waals surface area contributed by atoms with Gasteiger partial charge in [-0.2, -0.15) is 0 Å². The van der Waals surface area contributed by atoms with Crippen LogP contribution >= 0.6 is 0 Å². The van der Waals surface area contributed by atoms with Crippen LogP contribution < -0.4 is 0 Å². The van der Waals surface area contributed by atoms with E-state index in [0.29, 0.717) is 0 Å². The maximum Gasteiger partial charge on any atom is -0.00676 e. The third-order valence-corrected chi connectivity index (χ3v) is 10.9. The molecule has 5 atom stereocenters. The van der Waals surface area contributed by atoms with Gasteiger partial charge in [-0.05, 0) is 67.4 Å². The van der Waals surface area contributed by atoms with Gasteiger partial charge in [0.25, 0.3) is 0 Å². The molecule has 1 rings (SSSR count). The zero-order valence-corrected chi connectivity index (χ0v) is 30.3. The van der Waals surface area contributed by atoms with E-state index in [9.17, 15) is 0 Å². The van der Waals surface area contributed by atoms with Gasteiger partial charge in [0.15, 0.2) is 0 Å². The third kappa shape index (κ3) is 19.7. The van der Waals surface area contributed by atoms with Gasteiger partial charge in [0.2, 0.25) is 0 Å². The van der Waals surface area contributed by atoms with Crippen LogP contribution in [0.15, 0.2) is 17.4 Å². The Morgan fingerprint density at radius 3 is 1.40 bits per heavy atom. The van der Waals surface area contributed by atoms with Crippen LogP contribution in [0.25, 0.3) is 0 Å². The fraction of sp³-hybridized carbons (Fsp3) is 0.929. The number of hydrogen-bond donors (Lipinski definition) is 0. The van der Waals surface area contributed by atoms with Crippen molar-refractivity contribution in [3.8, 4) is 0 Å². The highest BCUT2D eigenvalue weighted by molar-refractivity contribution is 5.18. The zero-order valence-electron chi connectivity index (χ0n) is 30.3. The van der Waals surface area contributed by atoms with Crippen molar-refractivity contribution in [3.63, 3.8) is 0 Å². The highest BCUT2D eigenvalue weighted by Crippen LogP contribution is 2.54. The van der Waals surface area contributed by atoms with Crippen molar-refractivity contribution in [1.29, 1.82) is 0 Å². The van der Waals surface area contributed by atoms with E-state index in [-0.39, 0.29) is 0 Å². The largest absolute Gasteiger partial charge is 0.126 e. The normalized spacial score (nSPS) is 19.4. The van der Waals surface area contributed by atoms with Crippen LogP contribution in [0.5, 0.6) is 0 Å². The fourth-order valence-corrected chi connectivity index (χ4v) is 8.00. The molecule has 0 heteroatoms. The van der Waals surface area contributed by atoms with Gasteiger partial charge in [0.1, 0.15) is 0 Å². The highest BCUT2D eigenvalue weighted by Gasteiger charge is 2.47. The first kappa shape index (κ1) is 39.5. The molecule has 0 aromatic rings. The third-order valence-electron chi connectivity index (χ3n) is 10.9. The monoisotopic (exact) mass is 585 g/mol. The highest BCUT2D eigenvalue weighted by atomic mass is 14.5. The Hall–Kier alpha value is -0.480. The van der Waals surface area contributed by atoms with Gasteiger partial charge >= 0.3 is 0 Å². The lowest BCUT2D eigenvalue weighted by atomic mass is 9.88. The van der Waals surface area contributed by atoms with E-state index >= 15 is 0 Å². The second kappa shape index (κ2) is 28.0. The van der Waals surface area contributed by atoms with Crippen LogP contribution in [0.4, 0.5) is 0 Å². The van der Waals surface area contributed by atoms with Crippen molar-refractivity contribution in [1.82, 2.24) is 0 Å². The predicted molar refractivity (Wildman–Crippen MR) is 192 cm³/mol. The van der Waals surface area contributed by atoms with Crippen LogP contribution in [0.3, 0.4) is 0 Å². The van der Waals surface area contributed by atoms with E-state index in [4.69, 9.17) is 0 Å². The van der Waals surface area contributed by atoms with Gasteiger partial charge in [-0.1, -0.05) is 195 Å². The molecule has 0 saturated heterocycles. The molecule has 0 radical (unpaired) electrons. The van der Waals surface area contributed by atoms with Crippen LogP contribution in [0, 0.1) is 29.6 Å². The Bertz CT molecular complexity index is 636. The minimum Gasteiger partial charge on any atom is -0.126 e. The average Bonchev–Trinajstić information content (AvgIpc) is 3.64. The van der Waals surface area contributed by atoms with E-state index in [1.54, 1.807) is 5.57 Å². The van der Waals surface area contributed by atoms with E-state index < -0.39 is 0 Å². The molecule has 0 spiro atoms.